The monoisotopic (exact) mass is 425 g/mol. The Balaban J connectivity index is 1.54. The summed E-state index contributed by atoms with van der Waals surface area (Å²) in [7, 11) is 0. The van der Waals surface area contributed by atoms with Gasteiger partial charge in [-0.3, -0.25) is 4.79 Å². The van der Waals surface area contributed by atoms with Gasteiger partial charge < -0.3 is 5.32 Å². The van der Waals surface area contributed by atoms with Gasteiger partial charge >= 0.3 is 0 Å². The quantitative estimate of drug-likeness (QED) is 0.553. The molecule has 29 heavy (non-hydrogen) atoms. The van der Waals surface area contributed by atoms with E-state index in [0.717, 1.165) is 41.8 Å². The average Bonchev–Trinajstić information content (AvgIpc) is 3.41. The average molecular weight is 426 g/mol. The molecule has 2 bridgehead atoms. The van der Waals surface area contributed by atoms with Gasteiger partial charge in [-0.1, -0.05) is 53.5 Å². The number of carbonyl (C=O) groups is 1. The zero-order chi connectivity index (χ0) is 20.1. The number of aromatic nitrogens is 2. The summed E-state index contributed by atoms with van der Waals surface area (Å²) in [5.41, 5.74) is 4.61. The first-order valence-electron chi connectivity index (χ1n) is 9.97. The van der Waals surface area contributed by atoms with Crippen molar-refractivity contribution in [1.82, 2.24) is 15.1 Å². The maximum atomic E-state index is 13.2. The number of halogens is 2. The minimum atomic E-state index is -0.131. The molecule has 0 radical (unpaired) electrons. The highest BCUT2D eigenvalue weighted by molar-refractivity contribution is 6.35. The molecular formula is C23H21Cl2N3O. The van der Waals surface area contributed by atoms with Gasteiger partial charge in [-0.2, -0.15) is 5.10 Å². The Hall–Kier alpha value is -2.30. The Bertz CT molecular complexity index is 1090. The smallest absolute Gasteiger partial charge is 0.272 e. The number of rotatable bonds is 4. The maximum Gasteiger partial charge on any atom is 0.272 e. The molecule has 1 saturated carbocycles. The van der Waals surface area contributed by atoms with Crippen LogP contribution in [0.15, 0.2) is 48.5 Å². The molecule has 1 fully saturated rings. The van der Waals surface area contributed by atoms with E-state index in [-0.39, 0.29) is 11.9 Å². The van der Waals surface area contributed by atoms with Crippen molar-refractivity contribution in [2.45, 2.75) is 44.1 Å². The van der Waals surface area contributed by atoms with Gasteiger partial charge in [0.25, 0.3) is 5.91 Å². The third-order valence-corrected chi connectivity index (χ3v) is 6.72. The van der Waals surface area contributed by atoms with Crippen molar-refractivity contribution in [3.05, 3.63) is 81.1 Å². The van der Waals surface area contributed by atoms with E-state index in [0.29, 0.717) is 27.6 Å². The molecule has 2 aromatic carbocycles. The summed E-state index contributed by atoms with van der Waals surface area (Å²) in [6, 6.07) is 15.3. The van der Waals surface area contributed by atoms with Crippen LogP contribution in [0.2, 0.25) is 10.0 Å². The van der Waals surface area contributed by atoms with Crippen molar-refractivity contribution in [2.75, 3.05) is 0 Å². The highest BCUT2D eigenvalue weighted by atomic mass is 35.5. The fourth-order valence-electron chi connectivity index (χ4n) is 4.82. The summed E-state index contributed by atoms with van der Waals surface area (Å²) in [5.74, 6) is 0.707. The molecule has 2 aliphatic rings. The second-order valence-electron chi connectivity index (χ2n) is 7.97. The largest absolute Gasteiger partial charge is 0.344 e. The van der Waals surface area contributed by atoms with Crippen LogP contribution in [0.25, 0.3) is 5.69 Å². The van der Waals surface area contributed by atoms with E-state index in [1.807, 2.05) is 48.0 Å². The van der Waals surface area contributed by atoms with Crippen molar-refractivity contribution in [2.24, 2.45) is 0 Å². The van der Waals surface area contributed by atoms with Crippen molar-refractivity contribution < 1.29 is 4.79 Å². The first kappa shape index (κ1) is 18.7. The molecule has 0 spiro atoms. The van der Waals surface area contributed by atoms with Gasteiger partial charge in [-0.15, -0.1) is 0 Å². The molecule has 4 nitrogen and oxygen atoms in total. The molecule has 5 rings (SSSR count). The van der Waals surface area contributed by atoms with Crippen LogP contribution in [-0.2, 0) is 0 Å². The van der Waals surface area contributed by atoms with Crippen LogP contribution >= 0.6 is 23.2 Å². The van der Waals surface area contributed by atoms with Gasteiger partial charge in [0.15, 0.2) is 5.69 Å². The lowest BCUT2D eigenvalue weighted by Crippen LogP contribution is -2.28. The number of nitrogens with zero attached hydrogens (tertiary/aromatic N) is 2. The standard InChI is InChI=1S/C23H21Cl2N3O/c1-13(14-5-3-2-4-6-14)26-23(29)21-20-15-7-8-16(11-15)22(20)28(27-21)19-10-9-17(24)12-18(19)25/h2-6,9-10,12-13,15-16H,7-8,11H2,1H3,(H,26,29)/t13-,15?,16?/m0/s1. The molecular weight excluding hydrogens is 405 g/mol. The van der Waals surface area contributed by atoms with Crippen molar-refractivity contribution in [3.63, 3.8) is 0 Å². The molecule has 0 aliphatic heterocycles. The number of fused-ring (bicyclic) bond motifs is 5. The molecule has 1 amide bonds. The molecule has 2 aliphatic carbocycles. The second kappa shape index (κ2) is 7.19. The first-order chi connectivity index (χ1) is 14.0. The van der Waals surface area contributed by atoms with Crippen molar-refractivity contribution >= 4 is 29.1 Å². The lowest BCUT2D eigenvalue weighted by Gasteiger charge is -2.15. The van der Waals surface area contributed by atoms with Gasteiger partial charge in [0.1, 0.15) is 0 Å². The predicted octanol–water partition coefficient (Wildman–Crippen LogP) is 6.03. The third-order valence-electron chi connectivity index (χ3n) is 6.19. The molecule has 1 aromatic heterocycles. The first-order valence-corrected chi connectivity index (χ1v) is 10.7. The number of benzene rings is 2. The topological polar surface area (TPSA) is 46.9 Å². The van der Waals surface area contributed by atoms with Gasteiger partial charge in [-0.25, -0.2) is 4.68 Å². The maximum absolute atomic E-state index is 13.2. The third kappa shape index (κ3) is 3.15. The summed E-state index contributed by atoms with van der Waals surface area (Å²) in [6.07, 6.45) is 3.34. The van der Waals surface area contributed by atoms with E-state index in [2.05, 4.69) is 5.32 Å². The van der Waals surface area contributed by atoms with Gasteiger partial charge in [0.05, 0.1) is 22.4 Å². The van der Waals surface area contributed by atoms with Crippen LogP contribution < -0.4 is 5.32 Å². The molecule has 0 saturated heterocycles. The van der Waals surface area contributed by atoms with E-state index in [1.165, 1.54) is 0 Å². The summed E-state index contributed by atoms with van der Waals surface area (Å²) < 4.78 is 1.87. The van der Waals surface area contributed by atoms with Crippen LogP contribution in [0, 0.1) is 0 Å². The van der Waals surface area contributed by atoms with Crippen molar-refractivity contribution in [1.29, 1.82) is 0 Å². The van der Waals surface area contributed by atoms with E-state index < -0.39 is 0 Å². The fraction of sp³-hybridized carbons (Fsp3) is 0.304. The summed E-state index contributed by atoms with van der Waals surface area (Å²) in [6.45, 7) is 1.99. The number of carbonyl (C=O) groups excluding carboxylic acids is 1. The molecule has 3 aromatic rings. The van der Waals surface area contributed by atoms with Gasteiger partial charge in [0, 0.05) is 16.5 Å². The Morgan fingerprint density at radius 3 is 2.66 bits per heavy atom. The molecule has 148 valence electrons. The minimum absolute atomic E-state index is 0.0952. The molecule has 3 atom stereocenters. The Kier molecular flexibility index (Phi) is 4.64. The van der Waals surface area contributed by atoms with E-state index in [1.54, 1.807) is 12.1 Å². The van der Waals surface area contributed by atoms with Crippen molar-refractivity contribution in [3.8, 4) is 5.69 Å². The highest BCUT2D eigenvalue weighted by Crippen LogP contribution is 2.54. The minimum Gasteiger partial charge on any atom is -0.344 e. The van der Waals surface area contributed by atoms with Crippen LogP contribution in [0.4, 0.5) is 0 Å². The van der Waals surface area contributed by atoms with Gasteiger partial charge in [0.2, 0.25) is 0 Å². The number of hydrogen-bond donors (Lipinski definition) is 1. The summed E-state index contributed by atoms with van der Waals surface area (Å²) in [4.78, 5) is 13.2. The van der Waals surface area contributed by atoms with E-state index >= 15 is 0 Å². The van der Waals surface area contributed by atoms with E-state index in [9.17, 15) is 4.79 Å². The molecule has 1 heterocycles. The number of nitrogens with one attached hydrogen (secondary N) is 1. The zero-order valence-electron chi connectivity index (χ0n) is 16.0. The summed E-state index contributed by atoms with van der Waals surface area (Å²) >= 11 is 12.6. The normalized spacial score (nSPS) is 20.5. The Morgan fingerprint density at radius 1 is 1.14 bits per heavy atom. The lowest BCUT2D eigenvalue weighted by molar-refractivity contribution is 0.0933. The van der Waals surface area contributed by atoms with Crippen LogP contribution in [0.5, 0.6) is 0 Å². The van der Waals surface area contributed by atoms with Crippen LogP contribution in [-0.4, -0.2) is 15.7 Å². The SMILES string of the molecule is C[C@H](NC(=O)c1nn(-c2ccc(Cl)cc2Cl)c2c1C1CCC2C1)c1ccccc1. The van der Waals surface area contributed by atoms with Crippen LogP contribution in [0.1, 0.15) is 71.4 Å². The van der Waals surface area contributed by atoms with Gasteiger partial charge in [-0.05, 0) is 55.9 Å². The number of hydrogen-bond acceptors (Lipinski definition) is 2. The zero-order valence-corrected chi connectivity index (χ0v) is 17.5. The Morgan fingerprint density at radius 2 is 1.90 bits per heavy atom. The van der Waals surface area contributed by atoms with E-state index in [4.69, 9.17) is 28.3 Å². The van der Waals surface area contributed by atoms with Crippen LogP contribution in [0.3, 0.4) is 0 Å². The lowest BCUT2D eigenvalue weighted by atomic mass is 9.95. The summed E-state index contributed by atoms with van der Waals surface area (Å²) in [5, 5.41) is 9.00. The number of amides is 1. The fourth-order valence-corrected chi connectivity index (χ4v) is 5.31. The molecule has 6 heteroatoms. The Labute approximate surface area is 179 Å². The molecule has 1 N–H and O–H groups in total. The predicted molar refractivity (Wildman–Crippen MR) is 115 cm³/mol. The second-order valence-corrected chi connectivity index (χ2v) is 8.81. The molecule has 2 unspecified atom stereocenters. The highest BCUT2D eigenvalue weighted by Gasteiger charge is 2.44.